The molecule has 1 heterocycles. The Labute approximate surface area is 153 Å². The van der Waals surface area contributed by atoms with Gasteiger partial charge in [-0.3, -0.25) is 5.32 Å². The molecular weight excluding hydrogens is 326 g/mol. The SMILES string of the molecule is CC(C)(C)NCc1ccc2cccc(OC(=O)Nc3ccccc3)c2n1. The molecule has 2 aromatic carbocycles. The lowest BCUT2D eigenvalue weighted by atomic mass is 10.1. The standard InChI is InChI=1S/C21H23N3O2/c1-21(2,3)22-14-17-13-12-15-8-7-11-18(19(15)23-17)26-20(25)24-16-9-5-4-6-10-16/h4-13,22H,14H2,1-3H3,(H,24,25). The second-order valence-electron chi connectivity index (χ2n) is 7.11. The van der Waals surface area contributed by atoms with Gasteiger partial charge in [0.15, 0.2) is 5.75 Å². The molecular formula is C21H23N3O2. The number of nitrogens with one attached hydrogen (secondary N) is 2. The van der Waals surface area contributed by atoms with Crippen LogP contribution in [0.25, 0.3) is 10.9 Å². The molecule has 5 nitrogen and oxygen atoms in total. The van der Waals surface area contributed by atoms with E-state index in [2.05, 4.69) is 36.4 Å². The molecule has 134 valence electrons. The molecule has 0 aliphatic carbocycles. The van der Waals surface area contributed by atoms with Gasteiger partial charge in [-0.1, -0.05) is 36.4 Å². The minimum atomic E-state index is -0.538. The topological polar surface area (TPSA) is 63.2 Å². The van der Waals surface area contributed by atoms with Crippen LogP contribution < -0.4 is 15.4 Å². The smallest absolute Gasteiger partial charge is 0.408 e. The fourth-order valence-electron chi connectivity index (χ4n) is 2.46. The highest BCUT2D eigenvalue weighted by atomic mass is 16.6. The molecule has 0 aliphatic heterocycles. The lowest BCUT2D eigenvalue weighted by Crippen LogP contribution is -2.35. The van der Waals surface area contributed by atoms with E-state index >= 15 is 0 Å². The predicted molar refractivity (Wildman–Crippen MR) is 104 cm³/mol. The average molecular weight is 349 g/mol. The van der Waals surface area contributed by atoms with Crippen LogP contribution in [0.1, 0.15) is 26.5 Å². The third-order valence-corrected chi connectivity index (χ3v) is 3.76. The molecule has 1 amide bonds. The van der Waals surface area contributed by atoms with Gasteiger partial charge >= 0.3 is 6.09 Å². The number of carbonyl (C=O) groups is 1. The van der Waals surface area contributed by atoms with E-state index in [0.29, 0.717) is 23.5 Å². The molecule has 0 saturated carbocycles. The summed E-state index contributed by atoms with van der Waals surface area (Å²) in [5.74, 6) is 0.438. The Balaban J connectivity index is 1.80. The first-order chi connectivity index (χ1) is 12.4. The van der Waals surface area contributed by atoms with Crippen molar-refractivity contribution < 1.29 is 9.53 Å². The largest absolute Gasteiger partial charge is 0.417 e. The molecule has 0 unspecified atom stereocenters. The number of pyridine rings is 1. The maximum atomic E-state index is 12.2. The van der Waals surface area contributed by atoms with Crippen LogP contribution in [-0.4, -0.2) is 16.6 Å². The highest BCUT2D eigenvalue weighted by Crippen LogP contribution is 2.24. The van der Waals surface area contributed by atoms with E-state index in [-0.39, 0.29) is 5.54 Å². The van der Waals surface area contributed by atoms with Crippen LogP contribution in [0.4, 0.5) is 10.5 Å². The lowest BCUT2D eigenvalue weighted by Gasteiger charge is -2.20. The number of fused-ring (bicyclic) bond motifs is 1. The lowest BCUT2D eigenvalue weighted by molar-refractivity contribution is 0.215. The van der Waals surface area contributed by atoms with Crippen LogP contribution in [0.2, 0.25) is 0 Å². The third kappa shape index (κ3) is 4.80. The first kappa shape index (κ1) is 17.9. The first-order valence-electron chi connectivity index (χ1n) is 8.58. The number of benzene rings is 2. The van der Waals surface area contributed by atoms with Crippen molar-refractivity contribution in [3.8, 4) is 5.75 Å². The van der Waals surface area contributed by atoms with Crippen molar-refractivity contribution >= 4 is 22.7 Å². The highest BCUT2D eigenvalue weighted by molar-refractivity contribution is 5.91. The van der Waals surface area contributed by atoms with E-state index in [1.165, 1.54) is 0 Å². The number of carbonyl (C=O) groups excluding carboxylic acids is 1. The fourth-order valence-corrected chi connectivity index (χ4v) is 2.46. The molecule has 0 saturated heterocycles. The number of para-hydroxylation sites is 2. The summed E-state index contributed by atoms with van der Waals surface area (Å²) in [4.78, 5) is 16.9. The van der Waals surface area contributed by atoms with Crippen molar-refractivity contribution in [1.29, 1.82) is 0 Å². The van der Waals surface area contributed by atoms with Gasteiger partial charge in [-0.15, -0.1) is 0 Å². The molecule has 0 fully saturated rings. The fraction of sp³-hybridized carbons (Fsp3) is 0.238. The Morgan fingerprint density at radius 1 is 1.00 bits per heavy atom. The zero-order valence-corrected chi connectivity index (χ0v) is 15.2. The Hall–Kier alpha value is -2.92. The van der Waals surface area contributed by atoms with Crippen molar-refractivity contribution in [2.45, 2.75) is 32.9 Å². The van der Waals surface area contributed by atoms with E-state index in [4.69, 9.17) is 4.74 Å². The molecule has 2 N–H and O–H groups in total. The van der Waals surface area contributed by atoms with E-state index in [1.54, 1.807) is 18.2 Å². The van der Waals surface area contributed by atoms with Crippen molar-refractivity contribution in [2.24, 2.45) is 0 Å². The normalized spacial score (nSPS) is 11.3. The van der Waals surface area contributed by atoms with Gasteiger partial charge in [0.05, 0.1) is 5.69 Å². The number of anilines is 1. The van der Waals surface area contributed by atoms with E-state index < -0.39 is 6.09 Å². The molecule has 0 atom stereocenters. The van der Waals surface area contributed by atoms with Crippen LogP contribution in [0.3, 0.4) is 0 Å². The number of hydrogen-bond acceptors (Lipinski definition) is 4. The second kappa shape index (κ2) is 7.54. The van der Waals surface area contributed by atoms with Gasteiger partial charge in [-0.25, -0.2) is 9.78 Å². The summed E-state index contributed by atoms with van der Waals surface area (Å²) in [6.45, 7) is 6.97. The summed E-state index contributed by atoms with van der Waals surface area (Å²) in [7, 11) is 0. The van der Waals surface area contributed by atoms with Crippen LogP contribution in [0, 0.1) is 0 Å². The van der Waals surface area contributed by atoms with Crippen molar-refractivity contribution in [3.63, 3.8) is 0 Å². The monoisotopic (exact) mass is 349 g/mol. The van der Waals surface area contributed by atoms with Crippen molar-refractivity contribution in [2.75, 3.05) is 5.32 Å². The molecule has 1 aromatic heterocycles. The first-order valence-corrected chi connectivity index (χ1v) is 8.58. The summed E-state index contributed by atoms with van der Waals surface area (Å²) < 4.78 is 5.50. The minimum Gasteiger partial charge on any atom is -0.408 e. The minimum absolute atomic E-state index is 0.00221. The van der Waals surface area contributed by atoms with Crippen LogP contribution in [0.5, 0.6) is 5.75 Å². The number of ether oxygens (including phenoxy) is 1. The highest BCUT2D eigenvalue weighted by Gasteiger charge is 2.12. The summed E-state index contributed by atoms with van der Waals surface area (Å²) >= 11 is 0. The van der Waals surface area contributed by atoms with Crippen LogP contribution >= 0.6 is 0 Å². The predicted octanol–water partition coefficient (Wildman–Crippen LogP) is 4.73. The second-order valence-corrected chi connectivity index (χ2v) is 7.11. The van der Waals surface area contributed by atoms with E-state index in [9.17, 15) is 4.79 Å². The molecule has 3 aromatic rings. The molecule has 0 bridgehead atoms. The molecule has 0 radical (unpaired) electrons. The summed E-state index contributed by atoms with van der Waals surface area (Å²) in [5, 5.41) is 7.05. The number of rotatable bonds is 4. The molecule has 5 heteroatoms. The van der Waals surface area contributed by atoms with Gasteiger partial charge in [-0.05, 0) is 45.0 Å². The third-order valence-electron chi connectivity index (χ3n) is 3.76. The average Bonchev–Trinajstić information content (AvgIpc) is 2.60. The zero-order chi connectivity index (χ0) is 18.6. The van der Waals surface area contributed by atoms with E-state index in [0.717, 1.165) is 11.1 Å². The van der Waals surface area contributed by atoms with Gasteiger partial charge in [0.2, 0.25) is 0 Å². The zero-order valence-electron chi connectivity index (χ0n) is 15.2. The van der Waals surface area contributed by atoms with Gasteiger partial charge < -0.3 is 10.1 Å². The maximum absolute atomic E-state index is 12.2. The number of nitrogens with zero attached hydrogens (tertiary/aromatic N) is 1. The Bertz CT molecular complexity index is 902. The number of aromatic nitrogens is 1. The number of amides is 1. The molecule has 0 aliphatic rings. The summed E-state index contributed by atoms with van der Waals surface area (Å²) in [6, 6.07) is 18.7. The Kier molecular flexibility index (Phi) is 5.19. The van der Waals surface area contributed by atoms with Gasteiger partial charge in [0.25, 0.3) is 0 Å². The van der Waals surface area contributed by atoms with Crippen LogP contribution in [-0.2, 0) is 6.54 Å². The quantitative estimate of drug-likeness (QED) is 0.714. The van der Waals surface area contributed by atoms with E-state index in [1.807, 2.05) is 42.5 Å². The molecule has 3 rings (SSSR count). The Morgan fingerprint density at radius 2 is 1.77 bits per heavy atom. The van der Waals surface area contributed by atoms with Crippen molar-refractivity contribution in [3.05, 3.63) is 66.4 Å². The van der Waals surface area contributed by atoms with Crippen LogP contribution in [0.15, 0.2) is 60.7 Å². The maximum Gasteiger partial charge on any atom is 0.417 e. The molecule has 26 heavy (non-hydrogen) atoms. The molecule has 0 spiro atoms. The van der Waals surface area contributed by atoms with Gasteiger partial charge in [0, 0.05) is 23.2 Å². The number of hydrogen-bond donors (Lipinski definition) is 2. The van der Waals surface area contributed by atoms with Crippen molar-refractivity contribution in [1.82, 2.24) is 10.3 Å². The van der Waals surface area contributed by atoms with Gasteiger partial charge in [0.1, 0.15) is 5.52 Å². The Morgan fingerprint density at radius 3 is 2.50 bits per heavy atom. The summed E-state index contributed by atoms with van der Waals surface area (Å²) in [6.07, 6.45) is -0.538. The summed E-state index contributed by atoms with van der Waals surface area (Å²) in [5.41, 5.74) is 2.25. The van der Waals surface area contributed by atoms with Gasteiger partial charge in [-0.2, -0.15) is 0 Å².